The number of oxazole rings is 1. The maximum absolute atomic E-state index is 6.02. The molecule has 0 atom stereocenters. The van der Waals surface area contributed by atoms with E-state index in [4.69, 9.17) is 23.6 Å². The highest BCUT2D eigenvalue weighted by Gasteiger charge is 2.23. The Kier molecular flexibility index (Phi) is 6.85. The number of benzene rings is 2. The summed E-state index contributed by atoms with van der Waals surface area (Å²) >= 11 is 0. The molecule has 1 aliphatic rings. The van der Waals surface area contributed by atoms with Crippen LogP contribution in [-0.2, 0) is 6.54 Å². The van der Waals surface area contributed by atoms with Gasteiger partial charge in [-0.3, -0.25) is 4.90 Å². The Morgan fingerprint density at radius 1 is 0.938 bits per heavy atom. The first-order valence-corrected chi connectivity index (χ1v) is 11.0. The van der Waals surface area contributed by atoms with Gasteiger partial charge in [0.2, 0.25) is 5.89 Å². The second kappa shape index (κ2) is 9.96. The molecule has 7 nitrogen and oxygen atoms in total. The monoisotopic (exact) mass is 437 g/mol. The zero-order chi connectivity index (χ0) is 22.5. The molecule has 0 N–H and O–H groups in total. The van der Waals surface area contributed by atoms with Crippen LogP contribution >= 0.6 is 0 Å². The minimum Gasteiger partial charge on any atom is -0.493 e. The van der Waals surface area contributed by atoms with Gasteiger partial charge in [0.15, 0.2) is 11.5 Å². The third-order valence-electron chi connectivity index (χ3n) is 5.78. The van der Waals surface area contributed by atoms with E-state index >= 15 is 0 Å². The van der Waals surface area contributed by atoms with E-state index in [1.165, 1.54) is 5.69 Å². The molecule has 2 aromatic carbocycles. The molecular formula is C25H31N3O4. The summed E-state index contributed by atoms with van der Waals surface area (Å²) in [7, 11) is 3.25. The molecule has 0 saturated carbocycles. The summed E-state index contributed by atoms with van der Waals surface area (Å²) < 4.78 is 22.8. The molecule has 2 heterocycles. The molecule has 1 aromatic heterocycles. The zero-order valence-electron chi connectivity index (χ0n) is 19.3. The van der Waals surface area contributed by atoms with Crippen molar-refractivity contribution in [2.75, 3.05) is 51.9 Å². The predicted octanol–water partition coefficient (Wildman–Crippen LogP) is 4.39. The Balaban J connectivity index is 1.45. The lowest BCUT2D eigenvalue weighted by Crippen LogP contribution is -2.46. The Labute approximate surface area is 189 Å². The summed E-state index contributed by atoms with van der Waals surface area (Å²) in [6.07, 6.45) is 0. The van der Waals surface area contributed by atoms with Gasteiger partial charge in [-0.25, -0.2) is 4.98 Å². The van der Waals surface area contributed by atoms with Gasteiger partial charge < -0.3 is 23.5 Å². The number of hydrogen-bond donors (Lipinski definition) is 0. The lowest BCUT2D eigenvalue weighted by atomic mass is 10.2. The molecule has 1 aliphatic heterocycles. The van der Waals surface area contributed by atoms with E-state index in [0.717, 1.165) is 55.5 Å². The van der Waals surface area contributed by atoms with Crippen molar-refractivity contribution in [3.8, 4) is 28.7 Å². The molecule has 0 unspecified atom stereocenters. The van der Waals surface area contributed by atoms with Crippen molar-refractivity contribution in [1.82, 2.24) is 9.88 Å². The highest BCUT2D eigenvalue weighted by Crippen LogP contribution is 2.38. The maximum Gasteiger partial charge on any atom is 0.230 e. The molecule has 0 spiro atoms. The standard InChI is InChI=1S/C25H31N3O4/c1-5-31-22-11-7-6-10-21(22)28-15-13-27(14-16-28)17-20-18(2)32-25(26-20)19-9-8-12-23(29-3)24(19)30-4/h6-12H,5,13-17H2,1-4H3. The van der Waals surface area contributed by atoms with Crippen LogP contribution in [0.5, 0.6) is 17.2 Å². The number of aryl methyl sites for hydroxylation is 1. The fourth-order valence-corrected chi connectivity index (χ4v) is 4.10. The number of rotatable bonds is 8. The second-order valence-electron chi connectivity index (χ2n) is 7.73. The predicted molar refractivity (Wildman–Crippen MR) is 125 cm³/mol. The largest absolute Gasteiger partial charge is 0.493 e. The van der Waals surface area contributed by atoms with Crippen molar-refractivity contribution in [3.63, 3.8) is 0 Å². The molecule has 0 bridgehead atoms. The molecule has 170 valence electrons. The number of hydrogen-bond acceptors (Lipinski definition) is 7. The lowest BCUT2D eigenvalue weighted by Gasteiger charge is -2.36. The van der Waals surface area contributed by atoms with Crippen LogP contribution in [0.15, 0.2) is 46.9 Å². The topological polar surface area (TPSA) is 60.2 Å². The van der Waals surface area contributed by atoms with Crippen LogP contribution < -0.4 is 19.1 Å². The fraction of sp³-hybridized carbons (Fsp3) is 0.400. The highest BCUT2D eigenvalue weighted by atomic mass is 16.5. The highest BCUT2D eigenvalue weighted by molar-refractivity contribution is 5.68. The molecule has 0 radical (unpaired) electrons. The first-order chi connectivity index (χ1) is 15.6. The zero-order valence-corrected chi connectivity index (χ0v) is 19.3. The Morgan fingerprint density at radius 3 is 2.41 bits per heavy atom. The first kappa shape index (κ1) is 22.0. The van der Waals surface area contributed by atoms with Gasteiger partial charge in [-0.15, -0.1) is 0 Å². The van der Waals surface area contributed by atoms with Crippen LogP contribution in [0.25, 0.3) is 11.5 Å². The lowest BCUT2D eigenvalue weighted by molar-refractivity contribution is 0.245. The van der Waals surface area contributed by atoms with Crippen molar-refractivity contribution in [2.24, 2.45) is 0 Å². The number of anilines is 1. The third kappa shape index (κ3) is 4.53. The Morgan fingerprint density at radius 2 is 1.69 bits per heavy atom. The summed E-state index contributed by atoms with van der Waals surface area (Å²) in [5.41, 5.74) is 2.91. The molecule has 0 amide bonds. The average molecular weight is 438 g/mol. The molecule has 1 fully saturated rings. The summed E-state index contributed by atoms with van der Waals surface area (Å²) in [5.74, 6) is 3.62. The minimum absolute atomic E-state index is 0.553. The third-order valence-corrected chi connectivity index (χ3v) is 5.78. The van der Waals surface area contributed by atoms with Crippen LogP contribution in [0.4, 0.5) is 5.69 Å². The van der Waals surface area contributed by atoms with Gasteiger partial charge in [0, 0.05) is 32.7 Å². The average Bonchev–Trinajstić information content (AvgIpc) is 3.19. The Hall–Kier alpha value is -3.19. The second-order valence-corrected chi connectivity index (χ2v) is 7.73. The molecule has 1 saturated heterocycles. The summed E-state index contributed by atoms with van der Waals surface area (Å²) in [5, 5.41) is 0. The van der Waals surface area contributed by atoms with Gasteiger partial charge in [-0.1, -0.05) is 18.2 Å². The number of ether oxygens (including phenoxy) is 3. The summed E-state index contributed by atoms with van der Waals surface area (Å²) in [4.78, 5) is 9.60. The first-order valence-electron chi connectivity index (χ1n) is 11.0. The minimum atomic E-state index is 0.553. The number of piperazine rings is 1. The van der Waals surface area contributed by atoms with Crippen molar-refractivity contribution < 1.29 is 18.6 Å². The van der Waals surface area contributed by atoms with E-state index in [1.54, 1.807) is 14.2 Å². The number of para-hydroxylation sites is 3. The molecule has 4 rings (SSSR count). The number of aromatic nitrogens is 1. The van der Waals surface area contributed by atoms with E-state index < -0.39 is 0 Å². The SMILES string of the molecule is CCOc1ccccc1N1CCN(Cc2nc(-c3cccc(OC)c3OC)oc2C)CC1. The van der Waals surface area contributed by atoms with Crippen molar-refractivity contribution in [3.05, 3.63) is 53.9 Å². The van der Waals surface area contributed by atoms with Crippen molar-refractivity contribution in [1.29, 1.82) is 0 Å². The van der Waals surface area contributed by atoms with E-state index in [1.807, 2.05) is 44.2 Å². The molecule has 3 aromatic rings. The van der Waals surface area contributed by atoms with Gasteiger partial charge >= 0.3 is 0 Å². The van der Waals surface area contributed by atoms with Crippen molar-refractivity contribution in [2.45, 2.75) is 20.4 Å². The maximum atomic E-state index is 6.02. The smallest absolute Gasteiger partial charge is 0.230 e. The molecule has 0 aliphatic carbocycles. The van der Waals surface area contributed by atoms with Crippen molar-refractivity contribution >= 4 is 5.69 Å². The quantitative estimate of drug-likeness (QED) is 0.518. The van der Waals surface area contributed by atoms with Gasteiger partial charge in [0.05, 0.1) is 37.8 Å². The fourth-order valence-electron chi connectivity index (χ4n) is 4.10. The van der Waals surface area contributed by atoms with Gasteiger partial charge in [0.25, 0.3) is 0 Å². The van der Waals surface area contributed by atoms with E-state index in [2.05, 4.69) is 21.9 Å². The summed E-state index contributed by atoms with van der Waals surface area (Å²) in [6, 6.07) is 14.0. The van der Waals surface area contributed by atoms with Gasteiger partial charge in [-0.2, -0.15) is 0 Å². The van der Waals surface area contributed by atoms with Crippen LogP contribution in [0, 0.1) is 6.92 Å². The van der Waals surface area contributed by atoms with Gasteiger partial charge in [-0.05, 0) is 38.1 Å². The van der Waals surface area contributed by atoms with Crippen LogP contribution in [0.3, 0.4) is 0 Å². The Bertz CT molecular complexity index is 1040. The van der Waals surface area contributed by atoms with E-state index in [9.17, 15) is 0 Å². The molecule has 32 heavy (non-hydrogen) atoms. The number of methoxy groups -OCH3 is 2. The summed E-state index contributed by atoms with van der Waals surface area (Å²) in [6.45, 7) is 9.19. The van der Waals surface area contributed by atoms with Crippen LogP contribution in [-0.4, -0.2) is 56.9 Å². The molecule has 7 heteroatoms. The van der Waals surface area contributed by atoms with Crippen LogP contribution in [0.1, 0.15) is 18.4 Å². The van der Waals surface area contributed by atoms with Gasteiger partial charge in [0.1, 0.15) is 11.5 Å². The number of nitrogens with zero attached hydrogens (tertiary/aromatic N) is 3. The van der Waals surface area contributed by atoms with E-state index in [0.29, 0.717) is 24.0 Å². The molecular weight excluding hydrogens is 406 g/mol. The van der Waals surface area contributed by atoms with E-state index in [-0.39, 0.29) is 0 Å². The van der Waals surface area contributed by atoms with Crippen LogP contribution in [0.2, 0.25) is 0 Å². The normalized spacial score (nSPS) is 14.4.